The van der Waals surface area contributed by atoms with E-state index < -0.39 is 0 Å². The SMILES string of the molecule is CCc1n[c]cnc1N1CCOCC1. The van der Waals surface area contributed by atoms with Crippen LogP contribution in [0.25, 0.3) is 0 Å². The van der Waals surface area contributed by atoms with E-state index in [1.54, 1.807) is 6.20 Å². The van der Waals surface area contributed by atoms with E-state index >= 15 is 0 Å². The van der Waals surface area contributed by atoms with E-state index in [9.17, 15) is 0 Å². The summed E-state index contributed by atoms with van der Waals surface area (Å²) in [5.41, 5.74) is 1.02. The lowest BCUT2D eigenvalue weighted by atomic mass is 10.3. The van der Waals surface area contributed by atoms with Crippen molar-refractivity contribution in [1.29, 1.82) is 0 Å². The van der Waals surface area contributed by atoms with Crippen molar-refractivity contribution in [1.82, 2.24) is 9.97 Å². The van der Waals surface area contributed by atoms with Gasteiger partial charge < -0.3 is 9.64 Å². The second-order valence-corrected chi connectivity index (χ2v) is 3.22. The van der Waals surface area contributed by atoms with Gasteiger partial charge in [-0.1, -0.05) is 6.92 Å². The van der Waals surface area contributed by atoms with Crippen LogP contribution in [0.15, 0.2) is 6.20 Å². The van der Waals surface area contributed by atoms with Gasteiger partial charge in [-0.3, -0.25) is 0 Å². The number of morpholine rings is 1. The minimum Gasteiger partial charge on any atom is -0.378 e. The summed E-state index contributed by atoms with van der Waals surface area (Å²) in [6.07, 6.45) is 5.30. The fraction of sp³-hybridized carbons (Fsp3) is 0.600. The van der Waals surface area contributed by atoms with Crippen molar-refractivity contribution in [2.24, 2.45) is 0 Å². The highest BCUT2D eigenvalue weighted by molar-refractivity contribution is 5.43. The van der Waals surface area contributed by atoms with Crippen molar-refractivity contribution in [2.45, 2.75) is 13.3 Å². The molecule has 0 amide bonds. The zero-order valence-electron chi connectivity index (χ0n) is 8.36. The first-order valence-electron chi connectivity index (χ1n) is 4.96. The highest BCUT2D eigenvalue weighted by atomic mass is 16.5. The van der Waals surface area contributed by atoms with Gasteiger partial charge >= 0.3 is 0 Å². The molecule has 0 unspecified atom stereocenters. The van der Waals surface area contributed by atoms with Gasteiger partial charge in [0.2, 0.25) is 0 Å². The van der Waals surface area contributed by atoms with Crippen LogP contribution < -0.4 is 4.90 Å². The molecule has 1 saturated heterocycles. The van der Waals surface area contributed by atoms with E-state index in [0.717, 1.165) is 44.2 Å². The summed E-state index contributed by atoms with van der Waals surface area (Å²) >= 11 is 0. The van der Waals surface area contributed by atoms with Gasteiger partial charge in [0.25, 0.3) is 0 Å². The number of aromatic nitrogens is 2. The van der Waals surface area contributed by atoms with Crippen molar-refractivity contribution >= 4 is 5.82 Å². The Morgan fingerprint density at radius 1 is 1.50 bits per heavy atom. The molecule has 2 heterocycles. The summed E-state index contributed by atoms with van der Waals surface area (Å²) in [6.45, 7) is 5.46. The standard InChI is InChI=1S/C10H14N3O/c1-2-9-10(12-4-3-11-9)13-5-7-14-8-6-13/h4H,2,5-8H2,1H3. The van der Waals surface area contributed by atoms with Crippen molar-refractivity contribution in [3.8, 4) is 0 Å². The zero-order valence-corrected chi connectivity index (χ0v) is 8.36. The fourth-order valence-corrected chi connectivity index (χ4v) is 1.60. The molecular weight excluding hydrogens is 178 g/mol. The van der Waals surface area contributed by atoms with Crippen LogP contribution in [0.2, 0.25) is 0 Å². The largest absolute Gasteiger partial charge is 0.378 e. The average Bonchev–Trinajstić information content (AvgIpc) is 2.30. The maximum atomic E-state index is 5.30. The summed E-state index contributed by atoms with van der Waals surface area (Å²) in [6, 6.07) is 0. The molecule has 1 aliphatic heterocycles. The first-order chi connectivity index (χ1) is 6.92. The molecule has 0 atom stereocenters. The Morgan fingerprint density at radius 3 is 3.00 bits per heavy atom. The Morgan fingerprint density at radius 2 is 2.29 bits per heavy atom. The predicted molar refractivity (Wildman–Crippen MR) is 53.3 cm³/mol. The number of rotatable bonds is 2. The summed E-state index contributed by atoms with van der Waals surface area (Å²) in [4.78, 5) is 10.8. The number of nitrogens with zero attached hydrogens (tertiary/aromatic N) is 3. The average molecular weight is 192 g/mol. The van der Waals surface area contributed by atoms with E-state index in [4.69, 9.17) is 4.74 Å². The minimum atomic E-state index is 0.781. The topological polar surface area (TPSA) is 38.2 Å². The number of aryl methyl sites for hydroxylation is 1. The molecule has 14 heavy (non-hydrogen) atoms. The van der Waals surface area contributed by atoms with Gasteiger partial charge in [-0.25, -0.2) is 9.97 Å². The number of anilines is 1. The molecule has 2 rings (SSSR count). The molecule has 4 heteroatoms. The normalized spacial score (nSPS) is 17.1. The minimum absolute atomic E-state index is 0.781. The molecular formula is C10H14N3O. The highest BCUT2D eigenvalue weighted by Crippen LogP contribution is 2.16. The predicted octanol–water partition coefficient (Wildman–Crippen LogP) is 0.676. The van der Waals surface area contributed by atoms with Gasteiger partial charge in [0.05, 0.1) is 25.1 Å². The van der Waals surface area contributed by atoms with Crippen molar-refractivity contribution in [3.63, 3.8) is 0 Å². The van der Waals surface area contributed by atoms with Crippen LogP contribution in [0.1, 0.15) is 12.6 Å². The molecule has 1 radical (unpaired) electrons. The zero-order chi connectivity index (χ0) is 9.80. The number of ether oxygens (including phenoxy) is 1. The van der Waals surface area contributed by atoms with Crippen LogP contribution in [-0.4, -0.2) is 36.3 Å². The second-order valence-electron chi connectivity index (χ2n) is 3.22. The van der Waals surface area contributed by atoms with Gasteiger partial charge in [0.1, 0.15) is 6.20 Å². The number of hydrogen-bond acceptors (Lipinski definition) is 4. The van der Waals surface area contributed by atoms with Gasteiger partial charge in [-0.2, -0.15) is 0 Å². The molecule has 0 saturated carbocycles. The van der Waals surface area contributed by atoms with E-state index in [-0.39, 0.29) is 0 Å². The van der Waals surface area contributed by atoms with E-state index in [2.05, 4.69) is 28.0 Å². The molecule has 4 nitrogen and oxygen atoms in total. The maximum absolute atomic E-state index is 5.30. The Kier molecular flexibility index (Phi) is 2.93. The van der Waals surface area contributed by atoms with Crippen molar-refractivity contribution in [3.05, 3.63) is 18.1 Å². The Bertz CT molecular complexity index is 297. The Balaban J connectivity index is 2.20. The third-order valence-corrected chi connectivity index (χ3v) is 2.35. The third-order valence-electron chi connectivity index (χ3n) is 2.35. The smallest absolute Gasteiger partial charge is 0.150 e. The molecule has 1 aromatic rings. The van der Waals surface area contributed by atoms with Crippen LogP contribution >= 0.6 is 0 Å². The Hall–Kier alpha value is -1.16. The molecule has 0 aromatic carbocycles. The first-order valence-corrected chi connectivity index (χ1v) is 4.96. The highest BCUT2D eigenvalue weighted by Gasteiger charge is 2.15. The molecule has 0 spiro atoms. The van der Waals surface area contributed by atoms with E-state index in [1.165, 1.54) is 0 Å². The monoisotopic (exact) mass is 192 g/mol. The van der Waals surface area contributed by atoms with E-state index in [1.807, 2.05) is 0 Å². The van der Waals surface area contributed by atoms with Crippen LogP contribution in [0.3, 0.4) is 0 Å². The fourth-order valence-electron chi connectivity index (χ4n) is 1.60. The lowest BCUT2D eigenvalue weighted by molar-refractivity contribution is 0.122. The quantitative estimate of drug-likeness (QED) is 0.690. The lowest BCUT2D eigenvalue weighted by Gasteiger charge is -2.28. The molecule has 1 aromatic heterocycles. The molecule has 0 bridgehead atoms. The van der Waals surface area contributed by atoms with Gasteiger partial charge in [0, 0.05) is 13.1 Å². The van der Waals surface area contributed by atoms with Crippen LogP contribution in [0.5, 0.6) is 0 Å². The third kappa shape index (κ3) is 1.85. The van der Waals surface area contributed by atoms with E-state index in [0.29, 0.717) is 0 Å². The Labute approximate surface area is 83.9 Å². The van der Waals surface area contributed by atoms with Crippen LogP contribution in [-0.2, 0) is 11.2 Å². The molecule has 1 aliphatic rings. The second kappa shape index (κ2) is 4.37. The summed E-state index contributed by atoms with van der Waals surface area (Å²) in [7, 11) is 0. The number of hydrogen-bond donors (Lipinski definition) is 0. The maximum Gasteiger partial charge on any atom is 0.150 e. The van der Waals surface area contributed by atoms with Gasteiger partial charge in [-0.15, -0.1) is 0 Å². The van der Waals surface area contributed by atoms with Crippen molar-refractivity contribution in [2.75, 3.05) is 31.2 Å². The van der Waals surface area contributed by atoms with Gasteiger partial charge in [-0.05, 0) is 6.42 Å². The molecule has 0 N–H and O–H groups in total. The van der Waals surface area contributed by atoms with Crippen molar-refractivity contribution < 1.29 is 4.74 Å². The van der Waals surface area contributed by atoms with Crippen LogP contribution in [0, 0.1) is 6.20 Å². The van der Waals surface area contributed by atoms with Crippen LogP contribution in [0.4, 0.5) is 5.82 Å². The summed E-state index contributed by atoms with van der Waals surface area (Å²) in [5.74, 6) is 0.995. The molecule has 75 valence electrons. The molecule has 1 fully saturated rings. The van der Waals surface area contributed by atoms with Gasteiger partial charge in [0.15, 0.2) is 5.82 Å². The lowest BCUT2D eigenvalue weighted by Crippen LogP contribution is -2.37. The first kappa shape index (κ1) is 9.40. The summed E-state index contributed by atoms with van der Waals surface area (Å²) in [5, 5.41) is 0. The molecule has 0 aliphatic carbocycles. The summed E-state index contributed by atoms with van der Waals surface area (Å²) < 4.78 is 5.30.